The highest BCUT2D eigenvalue weighted by molar-refractivity contribution is 5.94. The fourth-order valence-corrected chi connectivity index (χ4v) is 3.19. The zero-order valence-electron chi connectivity index (χ0n) is 14.2. The first-order valence-electron chi connectivity index (χ1n) is 8.30. The summed E-state index contributed by atoms with van der Waals surface area (Å²) in [5.74, 6) is -0.620. The van der Waals surface area contributed by atoms with Gasteiger partial charge in [0.2, 0.25) is 0 Å². The molecule has 0 unspecified atom stereocenters. The van der Waals surface area contributed by atoms with Gasteiger partial charge in [-0.3, -0.25) is 4.79 Å². The Morgan fingerprint density at radius 3 is 2.42 bits per heavy atom. The van der Waals surface area contributed by atoms with Crippen LogP contribution in [0, 0.1) is 19.8 Å². The summed E-state index contributed by atoms with van der Waals surface area (Å²) in [4.78, 5) is 23.0. The van der Waals surface area contributed by atoms with Gasteiger partial charge in [-0.25, -0.2) is 4.79 Å². The van der Waals surface area contributed by atoms with E-state index < -0.39 is 12.6 Å². The van der Waals surface area contributed by atoms with Crippen molar-refractivity contribution in [1.29, 1.82) is 0 Å². The molecule has 0 saturated heterocycles. The molecule has 0 spiro atoms. The molecule has 2 atom stereocenters. The predicted molar refractivity (Wildman–Crippen MR) is 89.3 cm³/mol. The van der Waals surface area contributed by atoms with Crippen molar-refractivity contribution in [3.05, 3.63) is 28.8 Å². The zero-order chi connectivity index (χ0) is 17.7. The number of aliphatic hydroxyl groups excluding tert-OH is 1. The summed E-state index contributed by atoms with van der Waals surface area (Å²) in [5, 5.41) is 21.6. The molecule has 3 N–H and O–H groups in total. The largest absolute Gasteiger partial charge is 0.481 e. The molecule has 0 aliphatic heterocycles. The average Bonchev–Trinajstić information content (AvgIpc) is 2.52. The molecule has 1 fully saturated rings. The van der Waals surface area contributed by atoms with Crippen molar-refractivity contribution in [1.82, 2.24) is 5.32 Å². The Labute approximate surface area is 141 Å². The third-order valence-corrected chi connectivity index (χ3v) is 4.46. The third-order valence-electron chi connectivity index (χ3n) is 4.46. The van der Waals surface area contributed by atoms with E-state index in [1.165, 1.54) is 0 Å². The van der Waals surface area contributed by atoms with Gasteiger partial charge < -0.3 is 20.3 Å². The smallest absolute Gasteiger partial charge is 0.341 e. The van der Waals surface area contributed by atoms with Crippen LogP contribution < -0.4 is 10.1 Å². The van der Waals surface area contributed by atoms with Crippen LogP contribution >= 0.6 is 0 Å². The fraction of sp³-hybridized carbons (Fsp3) is 0.556. The highest BCUT2D eigenvalue weighted by Gasteiger charge is 2.23. The predicted octanol–water partition coefficient (Wildman–Crippen LogP) is 2.05. The van der Waals surface area contributed by atoms with Gasteiger partial charge in [-0.1, -0.05) is 12.8 Å². The Morgan fingerprint density at radius 1 is 1.21 bits per heavy atom. The second-order valence-electron chi connectivity index (χ2n) is 6.44. The van der Waals surface area contributed by atoms with Gasteiger partial charge in [0.05, 0.1) is 6.10 Å². The van der Waals surface area contributed by atoms with Gasteiger partial charge in [0.25, 0.3) is 5.91 Å². The molecule has 0 heterocycles. The summed E-state index contributed by atoms with van der Waals surface area (Å²) in [6.45, 7) is 3.62. The Morgan fingerprint density at radius 2 is 1.83 bits per heavy atom. The molecule has 1 aromatic carbocycles. The normalized spacial score (nSPS) is 20.5. The number of carboxylic acid groups (broad SMARTS) is 1. The number of benzene rings is 1. The minimum Gasteiger partial charge on any atom is -0.481 e. The number of aryl methyl sites for hydroxylation is 2. The molecule has 0 radical (unpaired) electrons. The van der Waals surface area contributed by atoms with Crippen molar-refractivity contribution in [3.8, 4) is 5.75 Å². The van der Waals surface area contributed by atoms with Crippen LogP contribution in [0.2, 0.25) is 0 Å². The average molecular weight is 335 g/mol. The standard InChI is InChI=1S/C18H25NO5/c1-11-7-14(8-12(2)17(11)24-10-16(21)22)18(23)19-9-13-5-3-4-6-15(13)20/h7-8,13,15,20H,3-6,9-10H2,1-2H3,(H,19,23)(H,21,22)/t13-,15+/m1/s1. The number of hydrogen-bond donors (Lipinski definition) is 3. The van der Waals surface area contributed by atoms with Crippen molar-refractivity contribution >= 4 is 11.9 Å². The van der Waals surface area contributed by atoms with Gasteiger partial charge >= 0.3 is 5.97 Å². The molecule has 0 bridgehead atoms. The maximum Gasteiger partial charge on any atom is 0.341 e. The lowest BCUT2D eigenvalue weighted by atomic mass is 9.86. The van der Waals surface area contributed by atoms with Gasteiger partial charge in [0.1, 0.15) is 5.75 Å². The summed E-state index contributed by atoms with van der Waals surface area (Å²) in [6, 6.07) is 3.38. The number of hydrogen-bond acceptors (Lipinski definition) is 4. The van der Waals surface area contributed by atoms with Crippen molar-refractivity contribution in [3.63, 3.8) is 0 Å². The highest BCUT2D eigenvalue weighted by atomic mass is 16.5. The van der Waals surface area contributed by atoms with Crippen LogP contribution in [-0.2, 0) is 4.79 Å². The van der Waals surface area contributed by atoms with Crippen molar-refractivity contribution in [2.45, 2.75) is 45.6 Å². The van der Waals surface area contributed by atoms with Crippen LogP contribution in [0.1, 0.15) is 47.2 Å². The van der Waals surface area contributed by atoms with E-state index in [1.54, 1.807) is 26.0 Å². The summed E-state index contributed by atoms with van der Waals surface area (Å²) in [6.07, 6.45) is 3.53. The third kappa shape index (κ3) is 4.71. The van der Waals surface area contributed by atoms with Crippen molar-refractivity contribution in [2.24, 2.45) is 5.92 Å². The lowest BCUT2D eigenvalue weighted by Gasteiger charge is -2.27. The van der Waals surface area contributed by atoms with E-state index in [9.17, 15) is 14.7 Å². The molecule has 1 saturated carbocycles. The molecule has 1 aliphatic carbocycles. The molecule has 6 nitrogen and oxygen atoms in total. The zero-order valence-corrected chi connectivity index (χ0v) is 14.2. The molecule has 1 aliphatic rings. The molecular weight excluding hydrogens is 310 g/mol. The summed E-state index contributed by atoms with van der Waals surface area (Å²) < 4.78 is 5.27. The van der Waals surface area contributed by atoms with Crippen molar-refractivity contribution in [2.75, 3.05) is 13.2 Å². The quantitative estimate of drug-likeness (QED) is 0.739. The van der Waals surface area contributed by atoms with E-state index in [1.807, 2.05) is 0 Å². The molecule has 6 heteroatoms. The van der Waals surface area contributed by atoms with E-state index in [2.05, 4.69) is 5.32 Å². The molecule has 132 valence electrons. The molecule has 2 rings (SSSR count). The molecule has 24 heavy (non-hydrogen) atoms. The van der Waals surface area contributed by atoms with Gasteiger partial charge in [0, 0.05) is 18.0 Å². The van der Waals surface area contributed by atoms with Crippen LogP contribution in [0.15, 0.2) is 12.1 Å². The number of ether oxygens (including phenoxy) is 1. The number of carbonyl (C=O) groups is 2. The first-order chi connectivity index (χ1) is 11.4. The van der Waals surface area contributed by atoms with E-state index in [4.69, 9.17) is 9.84 Å². The lowest BCUT2D eigenvalue weighted by molar-refractivity contribution is -0.139. The van der Waals surface area contributed by atoms with Gasteiger partial charge in [-0.2, -0.15) is 0 Å². The Bertz CT molecular complexity index is 590. The fourth-order valence-electron chi connectivity index (χ4n) is 3.19. The van der Waals surface area contributed by atoms with Crippen LogP contribution in [0.3, 0.4) is 0 Å². The number of amides is 1. The van der Waals surface area contributed by atoms with Crippen LogP contribution in [-0.4, -0.2) is 41.3 Å². The maximum absolute atomic E-state index is 12.3. The van der Waals surface area contributed by atoms with E-state index in [0.717, 1.165) is 36.8 Å². The maximum atomic E-state index is 12.3. The van der Waals surface area contributed by atoms with Crippen LogP contribution in [0.5, 0.6) is 5.75 Å². The first kappa shape index (κ1) is 18.3. The number of carbonyl (C=O) groups excluding carboxylic acids is 1. The second kappa shape index (κ2) is 8.15. The summed E-state index contributed by atoms with van der Waals surface area (Å²) in [5.41, 5.74) is 1.95. The highest BCUT2D eigenvalue weighted by Crippen LogP contribution is 2.26. The lowest BCUT2D eigenvalue weighted by Crippen LogP contribution is -2.36. The molecule has 1 amide bonds. The van der Waals surface area contributed by atoms with Gasteiger partial charge in [-0.05, 0) is 49.9 Å². The second-order valence-corrected chi connectivity index (χ2v) is 6.44. The monoisotopic (exact) mass is 335 g/mol. The van der Waals surface area contributed by atoms with Crippen LogP contribution in [0.25, 0.3) is 0 Å². The number of aliphatic hydroxyl groups is 1. The van der Waals surface area contributed by atoms with E-state index in [0.29, 0.717) is 17.9 Å². The van der Waals surface area contributed by atoms with Gasteiger partial charge in [0.15, 0.2) is 6.61 Å². The SMILES string of the molecule is Cc1cc(C(=O)NC[C@H]2CCCC[C@@H]2O)cc(C)c1OCC(=O)O. The number of aliphatic carboxylic acids is 1. The molecule has 0 aromatic heterocycles. The van der Waals surface area contributed by atoms with E-state index >= 15 is 0 Å². The van der Waals surface area contributed by atoms with Crippen molar-refractivity contribution < 1.29 is 24.5 Å². The minimum atomic E-state index is -1.04. The minimum absolute atomic E-state index is 0.114. The number of nitrogens with one attached hydrogen (secondary N) is 1. The Kier molecular flexibility index (Phi) is 6.20. The van der Waals surface area contributed by atoms with Gasteiger partial charge in [-0.15, -0.1) is 0 Å². The summed E-state index contributed by atoms with van der Waals surface area (Å²) in [7, 11) is 0. The Hall–Kier alpha value is -2.08. The summed E-state index contributed by atoms with van der Waals surface area (Å²) >= 11 is 0. The number of carboxylic acids is 1. The topological polar surface area (TPSA) is 95.9 Å². The van der Waals surface area contributed by atoms with E-state index in [-0.39, 0.29) is 17.9 Å². The number of rotatable bonds is 6. The molecule has 1 aromatic rings. The first-order valence-corrected chi connectivity index (χ1v) is 8.30. The van der Waals surface area contributed by atoms with Crippen LogP contribution in [0.4, 0.5) is 0 Å². The Balaban J connectivity index is 2.00. The molecular formula is C18H25NO5.